The summed E-state index contributed by atoms with van der Waals surface area (Å²) in [4.78, 5) is 12.7. The van der Waals surface area contributed by atoms with Crippen molar-refractivity contribution in [3.05, 3.63) is 42.0 Å². The third-order valence-electron chi connectivity index (χ3n) is 4.92. The third kappa shape index (κ3) is 3.06. The molecule has 2 aromatic heterocycles. The summed E-state index contributed by atoms with van der Waals surface area (Å²) in [5.74, 6) is 0.675. The number of hydrogen-bond donors (Lipinski definition) is 5. The number of phenolic OH excluding ortho intramolecular Hbond substituents is 1. The Hall–Kier alpha value is -2.79. The van der Waals surface area contributed by atoms with Crippen molar-refractivity contribution in [1.82, 2.24) is 19.5 Å². The maximum Gasteiger partial charge on any atom is 0.167 e. The van der Waals surface area contributed by atoms with Crippen LogP contribution >= 0.6 is 0 Å². The fourth-order valence-corrected chi connectivity index (χ4v) is 3.32. The maximum absolute atomic E-state index is 10.2. The first-order valence-corrected chi connectivity index (χ1v) is 8.82. The number of rotatable bonds is 5. The fraction of sp³-hybridized carbons (Fsp3) is 0.389. The molecule has 0 radical (unpaired) electrons. The van der Waals surface area contributed by atoms with Crippen LogP contribution in [0.4, 0.5) is 5.82 Å². The number of phenols is 1. The van der Waals surface area contributed by atoms with Gasteiger partial charge in [0.2, 0.25) is 0 Å². The molecule has 10 heteroatoms. The second-order valence-corrected chi connectivity index (χ2v) is 6.71. The van der Waals surface area contributed by atoms with Crippen molar-refractivity contribution in [2.24, 2.45) is 0 Å². The molecule has 1 saturated heterocycles. The summed E-state index contributed by atoms with van der Waals surface area (Å²) in [6, 6.07) is 5.49. The van der Waals surface area contributed by atoms with Gasteiger partial charge < -0.3 is 30.5 Å². The summed E-state index contributed by atoms with van der Waals surface area (Å²) in [5, 5.41) is 42.8. The summed E-state index contributed by atoms with van der Waals surface area (Å²) in [6.07, 6.45) is -1.47. The Morgan fingerprint density at radius 1 is 1.18 bits per heavy atom. The zero-order chi connectivity index (χ0) is 19.8. The predicted molar refractivity (Wildman–Crippen MR) is 98.5 cm³/mol. The number of aryl methyl sites for hydroxylation is 1. The molecule has 1 fully saturated rings. The van der Waals surface area contributed by atoms with Crippen molar-refractivity contribution in [3.8, 4) is 5.75 Å². The van der Waals surface area contributed by atoms with E-state index in [-0.39, 0.29) is 5.75 Å². The second-order valence-electron chi connectivity index (χ2n) is 6.71. The highest BCUT2D eigenvalue weighted by atomic mass is 16.6. The highest BCUT2D eigenvalue weighted by Crippen LogP contribution is 2.32. The minimum Gasteiger partial charge on any atom is -0.507 e. The van der Waals surface area contributed by atoms with Crippen LogP contribution in [-0.2, 0) is 11.3 Å². The number of nitrogens with zero attached hydrogens (tertiary/aromatic N) is 4. The van der Waals surface area contributed by atoms with Crippen LogP contribution in [0.1, 0.15) is 17.4 Å². The zero-order valence-corrected chi connectivity index (χ0v) is 15.1. The Bertz CT molecular complexity index is 994. The monoisotopic (exact) mass is 387 g/mol. The van der Waals surface area contributed by atoms with E-state index >= 15 is 0 Å². The minimum absolute atomic E-state index is 0.220. The highest BCUT2D eigenvalue weighted by molar-refractivity contribution is 5.82. The molecule has 4 rings (SSSR count). The molecule has 1 aliphatic heterocycles. The van der Waals surface area contributed by atoms with Crippen molar-refractivity contribution in [3.63, 3.8) is 0 Å². The Morgan fingerprint density at radius 3 is 2.75 bits per heavy atom. The lowest BCUT2D eigenvalue weighted by Crippen LogP contribution is -2.33. The van der Waals surface area contributed by atoms with E-state index in [9.17, 15) is 20.4 Å². The molecule has 10 nitrogen and oxygen atoms in total. The molecular weight excluding hydrogens is 366 g/mol. The van der Waals surface area contributed by atoms with Gasteiger partial charge in [0.05, 0.1) is 12.9 Å². The van der Waals surface area contributed by atoms with Gasteiger partial charge in [0.25, 0.3) is 0 Å². The molecule has 0 aliphatic carbocycles. The Kier molecular flexibility index (Phi) is 4.85. The molecule has 0 unspecified atom stereocenters. The summed E-state index contributed by atoms with van der Waals surface area (Å²) in [6.45, 7) is 1.74. The van der Waals surface area contributed by atoms with E-state index in [1.165, 1.54) is 17.2 Å². The first-order valence-electron chi connectivity index (χ1n) is 8.82. The summed E-state index contributed by atoms with van der Waals surface area (Å²) >= 11 is 0. The molecule has 1 aliphatic rings. The molecule has 3 aromatic rings. The number of aliphatic hydroxyl groups is 3. The van der Waals surface area contributed by atoms with E-state index in [0.717, 1.165) is 11.1 Å². The Balaban J connectivity index is 1.61. The number of anilines is 1. The number of hydrogen-bond acceptors (Lipinski definition) is 9. The molecule has 0 bridgehead atoms. The van der Waals surface area contributed by atoms with Crippen LogP contribution in [0.3, 0.4) is 0 Å². The minimum atomic E-state index is -1.23. The van der Waals surface area contributed by atoms with Crippen LogP contribution in [0.2, 0.25) is 0 Å². The molecule has 5 N–H and O–H groups in total. The average molecular weight is 387 g/mol. The van der Waals surface area contributed by atoms with Crippen LogP contribution in [0, 0.1) is 6.92 Å². The van der Waals surface area contributed by atoms with E-state index in [4.69, 9.17) is 4.74 Å². The van der Waals surface area contributed by atoms with Crippen LogP contribution in [0.5, 0.6) is 5.75 Å². The summed E-state index contributed by atoms with van der Waals surface area (Å²) < 4.78 is 7.04. The van der Waals surface area contributed by atoms with Gasteiger partial charge in [-0.05, 0) is 12.5 Å². The average Bonchev–Trinajstić information content (AvgIpc) is 3.25. The van der Waals surface area contributed by atoms with Gasteiger partial charge in [-0.15, -0.1) is 0 Å². The quantitative estimate of drug-likeness (QED) is 0.410. The largest absolute Gasteiger partial charge is 0.507 e. The first-order chi connectivity index (χ1) is 13.5. The summed E-state index contributed by atoms with van der Waals surface area (Å²) in [5.41, 5.74) is 2.35. The molecule has 3 heterocycles. The van der Waals surface area contributed by atoms with Gasteiger partial charge in [-0.1, -0.05) is 18.2 Å². The third-order valence-corrected chi connectivity index (χ3v) is 4.92. The lowest BCUT2D eigenvalue weighted by molar-refractivity contribution is -0.0511. The number of nitrogens with one attached hydrogen (secondary N) is 1. The van der Waals surface area contributed by atoms with E-state index in [1.54, 1.807) is 0 Å². The van der Waals surface area contributed by atoms with Gasteiger partial charge in [-0.2, -0.15) is 0 Å². The highest BCUT2D eigenvalue weighted by Gasteiger charge is 2.44. The molecule has 0 spiro atoms. The van der Waals surface area contributed by atoms with Gasteiger partial charge in [-0.3, -0.25) is 4.57 Å². The molecule has 0 amide bonds. The van der Waals surface area contributed by atoms with E-state index in [0.29, 0.717) is 23.5 Å². The van der Waals surface area contributed by atoms with Crippen molar-refractivity contribution in [1.29, 1.82) is 0 Å². The van der Waals surface area contributed by atoms with Gasteiger partial charge in [0, 0.05) is 12.1 Å². The van der Waals surface area contributed by atoms with E-state index in [1.807, 2.05) is 25.1 Å². The number of ether oxygens (including phenoxy) is 1. The van der Waals surface area contributed by atoms with E-state index in [2.05, 4.69) is 20.3 Å². The lowest BCUT2D eigenvalue weighted by atomic mass is 10.1. The maximum atomic E-state index is 10.2. The smallest absolute Gasteiger partial charge is 0.167 e. The Labute approximate surface area is 160 Å². The number of para-hydroxylation sites is 1. The zero-order valence-electron chi connectivity index (χ0n) is 15.1. The Morgan fingerprint density at radius 2 is 2.00 bits per heavy atom. The molecule has 0 saturated carbocycles. The van der Waals surface area contributed by atoms with Gasteiger partial charge in [0.1, 0.15) is 30.4 Å². The van der Waals surface area contributed by atoms with E-state index < -0.39 is 31.1 Å². The standard InChI is InChI=1S/C18H21N5O5/c1-9-3-2-4-10(13(9)25)5-19-16-12-17(21-7-20-16)23(8-22-12)18-15(27)14(26)11(6-24)28-18/h2-4,7-8,11,14-15,18,24-27H,5-6H2,1H3,(H,19,20,21)/t11-,14-,15-,18-/m1/s1. The van der Waals surface area contributed by atoms with Gasteiger partial charge in [-0.25, -0.2) is 15.0 Å². The normalized spacial score (nSPS) is 24.7. The van der Waals surface area contributed by atoms with Crippen molar-refractivity contribution < 1.29 is 25.2 Å². The predicted octanol–water partition coefficient (Wildman–Crippen LogP) is 0.0639. The van der Waals surface area contributed by atoms with Gasteiger partial charge >= 0.3 is 0 Å². The number of imidazole rings is 1. The molecule has 28 heavy (non-hydrogen) atoms. The topological polar surface area (TPSA) is 146 Å². The number of fused-ring (bicyclic) bond motifs is 1. The van der Waals surface area contributed by atoms with Gasteiger partial charge in [0.15, 0.2) is 23.2 Å². The number of aromatic hydroxyl groups is 1. The molecular formula is C18H21N5O5. The van der Waals surface area contributed by atoms with Crippen LogP contribution in [-0.4, -0.2) is 64.9 Å². The number of aromatic nitrogens is 4. The van der Waals surface area contributed by atoms with Crippen molar-refractivity contribution in [2.75, 3.05) is 11.9 Å². The fourth-order valence-electron chi connectivity index (χ4n) is 3.32. The number of aliphatic hydroxyl groups excluding tert-OH is 3. The van der Waals surface area contributed by atoms with Crippen LogP contribution in [0.15, 0.2) is 30.9 Å². The van der Waals surface area contributed by atoms with Crippen LogP contribution < -0.4 is 5.32 Å². The number of benzene rings is 1. The van der Waals surface area contributed by atoms with Crippen molar-refractivity contribution >= 4 is 17.0 Å². The lowest BCUT2D eigenvalue weighted by Gasteiger charge is -2.16. The summed E-state index contributed by atoms with van der Waals surface area (Å²) in [7, 11) is 0. The second kappa shape index (κ2) is 7.32. The van der Waals surface area contributed by atoms with Crippen molar-refractivity contribution in [2.45, 2.75) is 38.0 Å². The molecule has 1 aromatic carbocycles. The first kappa shape index (κ1) is 18.6. The van der Waals surface area contributed by atoms with Crippen LogP contribution in [0.25, 0.3) is 11.2 Å². The molecule has 4 atom stereocenters. The SMILES string of the molecule is Cc1cccc(CNc2ncnc3c2ncn3[C@@H]2O[C@H](CO)[C@@H](O)[C@H]2O)c1O. The molecule has 148 valence electrons.